The van der Waals surface area contributed by atoms with E-state index < -0.39 is 15.2 Å². The average Bonchev–Trinajstić information content (AvgIpc) is 2.88. The zero-order chi connectivity index (χ0) is 22.3. The Hall–Kier alpha value is -3.21. The smallest absolute Gasteiger partial charge is 0.103 e. The summed E-state index contributed by atoms with van der Waals surface area (Å²) in [6, 6.07) is 47.0. The van der Waals surface area contributed by atoms with Crippen molar-refractivity contribution in [3.63, 3.8) is 0 Å². The number of benzene rings is 4. The molecule has 4 aromatic carbocycles. The van der Waals surface area contributed by atoms with Crippen LogP contribution in [0.5, 0.6) is 0 Å². The van der Waals surface area contributed by atoms with Gasteiger partial charge in [-0.15, -0.1) is 13.2 Å². The Morgan fingerprint density at radius 2 is 0.625 bits per heavy atom. The fourth-order valence-electron chi connectivity index (χ4n) is 5.46. The van der Waals surface area contributed by atoms with Gasteiger partial charge in [0, 0.05) is 0 Å². The lowest BCUT2D eigenvalue weighted by Gasteiger charge is -2.49. The molecule has 2 heteroatoms. The van der Waals surface area contributed by atoms with Crippen molar-refractivity contribution in [2.75, 3.05) is 0 Å². The van der Waals surface area contributed by atoms with Crippen molar-refractivity contribution in [2.24, 2.45) is 0 Å². The van der Waals surface area contributed by atoms with Gasteiger partial charge in [0.25, 0.3) is 0 Å². The van der Waals surface area contributed by atoms with Crippen LogP contribution >= 0.6 is 0 Å². The maximum Gasteiger partial charge on any atom is 0.125 e. The van der Waals surface area contributed by atoms with Crippen LogP contribution in [-0.4, -0.2) is 15.2 Å². The molecular weight excluding hydrogens is 417 g/mol. The third-order valence-corrected chi connectivity index (χ3v) is 24.3. The fraction of sp³-hybridized carbons (Fsp3) is 0.0667. The summed E-state index contributed by atoms with van der Waals surface area (Å²) in [5.74, 6) is 0. The summed E-state index contributed by atoms with van der Waals surface area (Å²) < 4.78 is 0. The van der Waals surface area contributed by atoms with Gasteiger partial charge in [-0.05, 0) is 12.1 Å². The Balaban J connectivity index is 2.22. The van der Waals surface area contributed by atoms with Gasteiger partial charge in [0.15, 0.2) is 0 Å². The second-order valence-electron chi connectivity index (χ2n) is 8.26. The first kappa shape index (κ1) is 22.0. The summed E-state index contributed by atoms with van der Waals surface area (Å²) in [7, 11) is -4.76. The minimum absolute atomic E-state index is 0.991. The molecule has 0 saturated carbocycles. The molecule has 0 fully saturated rings. The maximum absolute atomic E-state index is 4.29. The molecule has 0 aliphatic heterocycles. The Labute approximate surface area is 194 Å². The van der Waals surface area contributed by atoms with Gasteiger partial charge < -0.3 is 0 Å². The summed E-state index contributed by atoms with van der Waals surface area (Å²) in [5.41, 5.74) is 0. The molecule has 0 atom stereocenters. The monoisotopic (exact) mass is 446 g/mol. The quantitative estimate of drug-likeness (QED) is 0.252. The molecule has 0 amide bonds. The van der Waals surface area contributed by atoms with E-state index in [2.05, 4.69) is 147 Å². The SMILES string of the molecule is C=CC[Si](c1ccccc1)(c1ccccc1)[Si](CC=C)(c1ccccc1)c1ccccc1. The molecule has 0 aromatic heterocycles. The molecule has 0 radical (unpaired) electrons. The van der Waals surface area contributed by atoms with Gasteiger partial charge in [-0.25, -0.2) is 0 Å². The van der Waals surface area contributed by atoms with Gasteiger partial charge in [-0.3, -0.25) is 0 Å². The molecule has 0 aliphatic rings. The minimum atomic E-state index is -2.38. The lowest BCUT2D eigenvalue weighted by molar-refractivity contribution is 1.54. The average molecular weight is 447 g/mol. The summed E-state index contributed by atoms with van der Waals surface area (Å²) in [6.45, 7) is 8.58. The van der Waals surface area contributed by atoms with Crippen molar-refractivity contribution in [3.05, 3.63) is 147 Å². The van der Waals surface area contributed by atoms with E-state index in [1.807, 2.05) is 0 Å². The highest BCUT2D eigenvalue weighted by Gasteiger charge is 2.57. The first-order valence-electron chi connectivity index (χ1n) is 11.2. The molecule has 0 saturated heterocycles. The van der Waals surface area contributed by atoms with Crippen LogP contribution in [0.2, 0.25) is 12.1 Å². The lowest BCUT2D eigenvalue weighted by Crippen LogP contribution is -2.85. The van der Waals surface area contributed by atoms with E-state index in [-0.39, 0.29) is 0 Å². The van der Waals surface area contributed by atoms with Crippen molar-refractivity contribution in [2.45, 2.75) is 12.1 Å². The van der Waals surface area contributed by atoms with E-state index in [0.29, 0.717) is 0 Å². The minimum Gasteiger partial charge on any atom is -0.103 e. The largest absolute Gasteiger partial charge is 0.125 e. The Morgan fingerprint density at radius 1 is 0.406 bits per heavy atom. The molecule has 4 rings (SSSR count). The van der Waals surface area contributed by atoms with Crippen molar-refractivity contribution >= 4 is 35.9 Å². The molecular formula is C30H30Si2. The van der Waals surface area contributed by atoms with Gasteiger partial charge >= 0.3 is 0 Å². The highest BCUT2D eigenvalue weighted by Crippen LogP contribution is 2.29. The highest BCUT2D eigenvalue weighted by atomic mass is 29.3. The Morgan fingerprint density at radius 3 is 0.812 bits per heavy atom. The van der Waals surface area contributed by atoms with E-state index in [0.717, 1.165) is 12.1 Å². The van der Waals surface area contributed by atoms with Crippen LogP contribution < -0.4 is 20.7 Å². The van der Waals surface area contributed by atoms with Crippen molar-refractivity contribution in [1.29, 1.82) is 0 Å². The zero-order valence-electron chi connectivity index (χ0n) is 18.5. The standard InChI is InChI=1S/C30H30Si2/c1-3-25-31(27-17-9-5-10-18-27,28-19-11-6-12-20-28)32(26-4-2,29-21-13-7-14-22-29)30-23-15-8-16-24-30/h3-24H,1-2,25-26H2. The van der Waals surface area contributed by atoms with Crippen LogP contribution in [0, 0.1) is 0 Å². The van der Waals surface area contributed by atoms with Crippen LogP contribution in [0.15, 0.2) is 147 Å². The molecule has 158 valence electrons. The molecule has 32 heavy (non-hydrogen) atoms. The summed E-state index contributed by atoms with van der Waals surface area (Å²) in [5, 5.41) is 5.92. The molecule has 0 bridgehead atoms. The molecule has 0 unspecified atom stereocenters. The van der Waals surface area contributed by atoms with Gasteiger partial charge in [-0.1, -0.05) is 154 Å². The van der Waals surface area contributed by atoms with E-state index in [1.165, 1.54) is 20.7 Å². The predicted molar refractivity (Wildman–Crippen MR) is 146 cm³/mol. The van der Waals surface area contributed by atoms with Crippen LogP contribution in [0.1, 0.15) is 0 Å². The van der Waals surface area contributed by atoms with Crippen LogP contribution in [0.4, 0.5) is 0 Å². The van der Waals surface area contributed by atoms with Crippen molar-refractivity contribution in [3.8, 4) is 0 Å². The number of allylic oxidation sites excluding steroid dienone is 2. The predicted octanol–water partition coefficient (Wildman–Crippen LogP) is 4.96. The first-order chi connectivity index (χ1) is 15.8. The molecule has 0 nitrogen and oxygen atoms in total. The van der Waals surface area contributed by atoms with E-state index in [4.69, 9.17) is 0 Å². The number of hydrogen-bond acceptors (Lipinski definition) is 0. The third kappa shape index (κ3) is 3.66. The summed E-state index contributed by atoms with van der Waals surface area (Å²) in [6.07, 6.45) is 4.34. The van der Waals surface area contributed by atoms with Gasteiger partial charge in [0.05, 0.1) is 0 Å². The van der Waals surface area contributed by atoms with E-state index in [1.54, 1.807) is 0 Å². The molecule has 0 aliphatic carbocycles. The molecule has 0 N–H and O–H groups in total. The number of hydrogen-bond donors (Lipinski definition) is 0. The van der Waals surface area contributed by atoms with Crippen LogP contribution in [-0.2, 0) is 0 Å². The molecule has 0 spiro atoms. The topological polar surface area (TPSA) is 0 Å². The Kier molecular flexibility index (Phi) is 6.84. The maximum atomic E-state index is 4.29. The molecule has 4 aromatic rings. The number of rotatable bonds is 9. The third-order valence-electron chi connectivity index (χ3n) is 6.70. The van der Waals surface area contributed by atoms with Crippen LogP contribution in [0.3, 0.4) is 0 Å². The van der Waals surface area contributed by atoms with Gasteiger partial charge in [0.2, 0.25) is 0 Å². The normalized spacial score (nSPS) is 11.6. The zero-order valence-corrected chi connectivity index (χ0v) is 20.5. The highest BCUT2D eigenvalue weighted by molar-refractivity contribution is 7.59. The van der Waals surface area contributed by atoms with Crippen LogP contribution in [0.25, 0.3) is 0 Å². The van der Waals surface area contributed by atoms with E-state index in [9.17, 15) is 0 Å². The first-order valence-corrected chi connectivity index (χ1v) is 16.6. The van der Waals surface area contributed by atoms with E-state index >= 15 is 0 Å². The molecule has 0 heterocycles. The summed E-state index contributed by atoms with van der Waals surface area (Å²) >= 11 is 0. The second-order valence-corrected chi connectivity index (χ2v) is 20.1. The lowest BCUT2D eigenvalue weighted by atomic mass is 10.4. The van der Waals surface area contributed by atoms with Crippen molar-refractivity contribution < 1.29 is 0 Å². The van der Waals surface area contributed by atoms with Gasteiger partial charge in [-0.2, -0.15) is 0 Å². The second kappa shape index (κ2) is 9.94. The van der Waals surface area contributed by atoms with Crippen molar-refractivity contribution in [1.82, 2.24) is 0 Å². The Bertz CT molecular complexity index is 963. The summed E-state index contributed by atoms with van der Waals surface area (Å²) in [4.78, 5) is 0. The fourth-order valence-corrected chi connectivity index (χ4v) is 24.5. The van der Waals surface area contributed by atoms with Gasteiger partial charge in [0.1, 0.15) is 15.2 Å².